The lowest BCUT2D eigenvalue weighted by Gasteiger charge is -2.23. The van der Waals surface area contributed by atoms with Crippen LogP contribution < -0.4 is 65.6 Å². The van der Waals surface area contributed by atoms with Crippen LogP contribution in [0.3, 0.4) is 0 Å². The molecule has 17 rings (SSSR count). The predicted octanol–water partition coefficient (Wildman–Crippen LogP) is 12.8. The number of nitrogens with zero attached hydrogens (tertiary/aromatic N) is 8. The number of aromatic amines is 3. The summed E-state index contributed by atoms with van der Waals surface area (Å²) in [5.41, 5.74) is 13.9. The lowest BCUT2D eigenvalue weighted by molar-refractivity contribution is 0.0242. The highest BCUT2D eigenvalue weighted by molar-refractivity contribution is 6.03. The Morgan fingerprint density at radius 3 is 1.16 bits per heavy atom. The molecule has 0 spiro atoms. The third-order valence-electron chi connectivity index (χ3n) is 19.7. The number of ether oxygens (including phenoxy) is 9. The zero-order chi connectivity index (χ0) is 80.5. The number of H-pyrrole nitrogens is 3. The van der Waals surface area contributed by atoms with Crippen molar-refractivity contribution >= 4 is 114 Å². The number of aryl methyl sites for hydroxylation is 2. The summed E-state index contributed by atoms with van der Waals surface area (Å²) in [5, 5.41) is 22.4. The van der Waals surface area contributed by atoms with Crippen LogP contribution in [0, 0.1) is 13.8 Å². The number of hydrogen-bond donors (Lipinski definition) is 10. The molecular weight excluding hydrogens is 1490 g/mol. The first-order valence-corrected chi connectivity index (χ1v) is 37.5. The Kier molecular flexibility index (Phi) is 23.1. The number of aromatic nitrogens is 11. The monoisotopic (exact) mass is 1570 g/mol. The second-order valence-electron chi connectivity index (χ2n) is 27.1. The van der Waals surface area contributed by atoms with E-state index in [1.54, 1.807) is 109 Å². The van der Waals surface area contributed by atoms with Gasteiger partial charge in [-0.05, 0) is 108 Å². The number of rotatable bonds is 22. The van der Waals surface area contributed by atoms with Crippen LogP contribution in [0.2, 0.25) is 0 Å². The second-order valence-corrected chi connectivity index (χ2v) is 27.1. The molecule has 0 unspecified atom stereocenters. The molecule has 0 radical (unpaired) electrons. The van der Waals surface area contributed by atoms with E-state index in [2.05, 4.69) is 67.1 Å². The molecular formula is C83H84N18O15. The average Bonchev–Trinajstić information content (AvgIpc) is 1.60. The van der Waals surface area contributed by atoms with E-state index in [0.29, 0.717) is 172 Å². The molecule has 3 saturated heterocycles. The van der Waals surface area contributed by atoms with E-state index in [1.807, 2.05) is 81.0 Å². The molecule has 0 bridgehead atoms. The molecule has 3 aliphatic rings. The second kappa shape index (κ2) is 34.6. The van der Waals surface area contributed by atoms with Crippen LogP contribution in [0.4, 0.5) is 34.9 Å². The molecule has 33 nitrogen and oxygen atoms in total. The van der Waals surface area contributed by atoms with Gasteiger partial charge in [0.05, 0.1) is 94.2 Å². The van der Waals surface area contributed by atoms with Crippen molar-refractivity contribution in [2.45, 2.75) is 64.3 Å². The van der Waals surface area contributed by atoms with E-state index in [1.165, 1.54) is 7.11 Å². The van der Waals surface area contributed by atoms with Crippen molar-refractivity contribution < 1.29 is 70.6 Å². The average molecular weight is 1570 g/mol. The van der Waals surface area contributed by atoms with Gasteiger partial charge in [0, 0.05) is 132 Å². The molecule has 14 aromatic rings. The van der Waals surface area contributed by atoms with E-state index in [0.717, 1.165) is 92.7 Å². The highest BCUT2D eigenvalue weighted by atomic mass is 16.6. The maximum Gasteiger partial charge on any atom is 0.251 e. The van der Waals surface area contributed by atoms with Crippen LogP contribution in [-0.4, -0.2) is 186 Å². The van der Waals surface area contributed by atoms with Crippen molar-refractivity contribution in [3.8, 4) is 68.3 Å². The van der Waals surface area contributed by atoms with Crippen LogP contribution >= 0.6 is 0 Å². The minimum Gasteiger partial charge on any atom is -0.495 e. The van der Waals surface area contributed by atoms with Crippen molar-refractivity contribution in [2.75, 3.05) is 105 Å². The van der Waals surface area contributed by atoms with E-state index >= 15 is 0 Å². The minimum absolute atomic E-state index is 0.0340. The Balaban J connectivity index is 0.000000137. The Morgan fingerprint density at radius 1 is 0.379 bits per heavy atom. The maximum absolute atomic E-state index is 12.2. The Bertz CT molecular complexity index is 5960. The van der Waals surface area contributed by atoms with Gasteiger partial charge in [0.1, 0.15) is 63.5 Å². The van der Waals surface area contributed by atoms with Crippen LogP contribution in [0.5, 0.6) is 34.9 Å². The molecule has 11 heterocycles. The molecule has 6 aromatic carbocycles. The van der Waals surface area contributed by atoms with Crippen molar-refractivity contribution in [2.24, 2.45) is 0 Å². The van der Waals surface area contributed by atoms with E-state index in [9.17, 15) is 19.2 Å². The smallest absolute Gasteiger partial charge is 0.251 e. The standard InChI is InChI=1S/2C28H28N6O5.C27H28N6O5/c1-15-31-20-6-4-16(13-23(20)38-15)19-14-30-25-24(19)27(39-18-8-10-37-11-9-18)34-28(33-25)32-21-12-17(26(35)29-2)5-7-22(21)36-3;1-15-31-21-6-4-16(12-23(21)38-15)19-14-30-25-24(19)27(39-18-8-10-37-11-9-18)34-28(33-25)32-20-7-5-17(26(35)29-2)13-22(20)36-3;1-28-24(34)16-6-4-15(5-7-16)19-13-30-23-22(19)26(38-18-10-11-37-14-18)33-27(32-23)31-20-9-8-17(25(35)29-2)12-21(20)36-3/h2*4-7,12-14,18H,8-11H2,1-3H3,(H,29,35)(H2,30,32,33,34);4-9,12-13,18H,10-11,14H2,1-3H3,(H,28,34)(H,29,35)(H2,30,31,32,33)/t;;18-/m..0/s1. The zero-order valence-corrected chi connectivity index (χ0v) is 64.9. The fourth-order valence-electron chi connectivity index (χ4n) is 13.7. The normalized spacial score (nSPS) is 14.3. The molecule has 3 fully saturated rings. The van der Waals surface area contributed by atoms with Gasteiger partial charge >= 0.3 is 0 Å². The molecule has 0 aliphatic carbocycles. The predicted molar refractivity (Wildman–Crippen MR) is 434 cm³/mol. The number of carbonyl (C=O) groups is 4. The molecule has 4 amide bonds. The Morgan fingerprint density at radius 2 is 0.741 bits per heavy atom. The van der Waals surface area contributed by atoms with Crippen LogP contribution in [0.25, 0.3) is 88.7 Å². The van der Waals surface area contributed by atoms with Gasteiger partial charge in [-0.15, -0.1) is 0 Å². The summed E-state index contributed by atoms with van der Waals surface area (Å²) in [7, 11) is 11.0. The fourth-order valence-corrected chi connectivity index (χ4v) is 13.7. The van der Waals surface area contributed by atoms with Gasteiger partial charge in [-0.2, -0.15) is 29.9 Å². The number of benzene rings is 6. The quantitative estimate of drug-likeness (QED) is 0.0301. The molecule has 116 heavy (non-hydrogen) atoms. The lowest BCUT2D eigenvalue weighted by atomic mass is 10.0. The number of fused-ring (bicyclic) bond motifs is 5. The number of amides is 4. The molecule has 0 saturated carbocycles. The highest BCUT2D eigenvalue weighted by Crippen LogP contribution is 2.42. The number of nitrogens with one attached hydrogen (secondary N) is 10. The van der Waals surface area contributed by atoms with E-state index in [-0.39, 0.29) is 41.9 Å². The van der Waals surface area contributed by atoms with Gasteiger partial charge in [-0.3, -0.25) is 19.2 Å². The van der Waals surface area contributed by atoms with Crippen LogP contribution in [-0.2, 0) is 14.2 Å². The molecule has 3 aliphatic heterocycles. The summed E-state index contributed by atoms with van der Waals surface area (Å²) < 4.78 is 63.8. The summed E-state index contributed by atoms with van der Waals surface area (Å²) >= 11 is 0. The Hall–Kier alpha value is -13.9. The maximum atomic E-state index is 12.2. The third-order valence-corrected chi connectivity index (χ3v) is 19.7. The molecule has 10 N–H and O–H groups in total. The number of anilines is 6. The van der Waals surface area contributed by atoms with Crippen LogP contribution in [0.15, 0.2) is 143 Å². The number of methoxy groups -OCH3 is 3. The van der Waals surface area contributed by atoms with E-state index in [4.69, 9.17) is 76.4 Å². The van der Waals surface area contributed by atoms with Gasteiger partial charge in [-0.25, -0.2) is 9.97 Å². The molecule has 1 atom stereocenters. The first kappa shape index (κ1) is 77.4. The number of oxazole rings is 2. The first-order chi connectivity index (χ1) is 56.5. The van der Waals surface area contributed by atoms with Crippen molar-refractivity contribution in [1.29, 1.82) is 0 Å². The summed E-state index contributed by atoms with van der Waals surface area (Å²) in [4.78, 5) is 95.3. The van der Waals surface area contributed by atoms with Gasteiger partial charge in [0.25, 0.3) is 23.6 Å². The number of carbonyl (C=O) groups excluding carboxylic acids is 4. The fraction of sp³-hybridized carbons (Fsp3) is 0.277. The van der Waals surface area contributed by atoms with Gasteiger partial charge in [0.15, 0.2) is 22.9 Å². The van der Waals surface area contributed by atoms with Crippen molar-refractivity contribution in [3.63, 3.8) is 0 Å². The van der Waals surface area contributed by atoms with Gasteiger partial charge in [-0.1, -0.05) is 24.3 Å². The van der Waals surface area contributed by atoms with Gasteiger partial charge in [0.2, 0.25) is 35.5 Å². The van der Waals surface area contributed by atoms with Gasteiger partial charge < -0.3 is 104 Å². The molecule has 8 aromatic heterocycles. The lowest BCUT2D eigenvalue weighted by Crippen LogP contribution is -2.26. The summed E-state index contributed by atoms with van der Waals surface area (Å²) in [6.07, 6.45) is 9.22. The SMILES string of the molecule is CNC(=O)c1ccc(-c2c[nH]c3nc(Nc4ccc(C(=O)NC)cc4OC)nc(O[C@H]4CCOC4)c23)cc1.CNC(=O)c1ccc(Nc2nc(OC3CCOCC3)c3c(-c4ccc5nc(C)oc5c4)c[nH]c3n2)c(OC)c1.CNC(=O)c1ccc(OC)c(Nc2nc(OC3CCOCC3)c3c(-c4ccc5nc(C)oc5c4)c[nH]c3n2)c1. The first-order valence-electron chi connectivity index (χ1n) is 37.5. The summed E-state index contributed by atoms with van der Waals surface area (Å²) in [5.74, 6) is 4.14. The minimum atomic E-state index is -0.218. The zero-order valence-electron chi connectivity index (χ0n) is 64.9. The largest absolute Gasteiger partial charge is 0.495 e. The Labute approximate surface area is 663 Å². The summed E-state index contributed by atoms with van der Waals surface area (Å²) in [6, 6.07) is 34.3. The van der Waals surface area contributed by atoms with Crippen molar-refractivity contribution in [3.05, 3.63) is 168 Å². The van der Waals surface area contributed by atoms with Crippen LogP contribution in [0.1, 0.15) is 85.3 Å². The highest BCUT2D eigenvalue weighted by Gasteiger charge is 2.28. The third kappa shape index (κ3) is 16.9. The topological polar surface area (TPSA) is 412 Å². The molecule has 33 heteroatoms. The summed E-state index contributed by atoms with van der Waals surface area (Å²) in [6.45, 7) is 7.30. The molecule has 596 valence electrons. The number of hydrogen-bond acceptors (Lipinski definition) is 26. The van der Waals surface area contributed by atoms with E-state index < -0.39 is 0 Å². The van der Waals surface area contributed by atoms with Crippen molar-refractivity contribution in [1.82, 2.24) is 76.1 Å².